The SMILES string of the molecule is CCC1OC1C(C)Cc1ccc(OCC(C)C)c(C(C)C)c1. The summed E-state index contributed by atoms with van der Waals surface area (Å²) in [5.41, 5.74) is 2.73. The van der Waals surface area contributed by atoms with Gasteiger partial charge in [0.1, 0.15) is 5.75 Å². The largest absolute Gasteiger partial charge is 0.493 e. The minimum absolute atomic E-state index is 0.462. The fourth-order valence-corrected chi connectivity index (χ4v) is 3.04. The summed E-state index contributed by atoms with van der Waals surface area (Å²) < 4.78 is 11.7. The van der Waals surface area contributed by atoms with Crippen LogP contribution in [0.2, 0.25) is 0 Å². The van der Waals surface area contributed by atoms with Gasteiger partial charge in [-0.2, -0.15) is 0 Å². The normalized spacial score (nSPS) is 22.2. The molecular formula is C20H32O2. The number of hydrogen-bond acceptors (Lipinski definition) is 2. The molecule has 1 fully saturated rings. The lowest BCUT2D eigenvalue weighted by atomic mass is 9.92. The van der Waals surface area contributed by atoms with E-state index in [4.69, 9.17) is 9.47 Å². The van der Waals surface area contributed by atoms with E-state index < -0.39 is 0 Å². The fraction of sp³-hybridized carbons (Fsp3) is 0.700. The minimum atomic E-state index is 0.462. The van der Waals surface area contributed by atoms with Gasteiger partial charge in [0.15, 0.2) is 0 Å². The molecule has 2 heteroatoms. The standard InChI is InChI=1S/C20H32O2/c1-7-18-20(22-18)15(6)10-16-8-9-19(21-12-13(2)3)17(11-16)14(4)5/h8-9,11,13-15,18,20H,7,10,12H2,1-6H3. The van der Waals surface area contributed by atoms with E-state index in [1.165, 1.54) is 11.1 Å². The number of benzene rings is 1. The second-order valence-corrected chi connectivity index (χ2v) is 7.46. The fourth-order valence-electron chi connectivity index (χ4n) is 3.04. The van der Waals surface area contributed by atoms with Crippen LogP contribution in [0.15, 0.2) is 18.2 Å². The van der Waals surface area contributed by atoms with Crippen LogP contribution in [-0.2, 0) is 11.2 Å². The smallest absolute Gasteiger partial charge is 0.122 e. The average Bonchev–Trinajstić information content (AvgIpc) is 3.25. The summed E-state index contributed by atoms with van der Waals surface area (Å²) in [5.74, 6) is 2.68. The van der Waals surface area contributed by atoms with Gasteiger partial charge >= 0.3 is 0 Å². The summed E-state index contributed by atoms with van der Waals surface area (Å²) in [5, 5.41) is 0. The minimum Gasteiger partial charge on any atom is -0.493 e. The molecule has 3 atom stereocenters. The zero-order valence-electron chi connectivity index (χ0n) is 15.1. The Kier molecular flexibility index (Phi) is 5.91. The molecule has 0 amide bonds. The lowest BCUT2D eigenvalue weighted by Gasteiger charge is -2.18. The molecule has 2 nitrogen and oxygen atoms in total. The molecule has 1 aliphatic rings. The van der Waals surface area contributed by atoms with Crippen molar-refractivity contribution in [2.75, 3.05) is 6.61 Å². The molecule has 1 aliphatic heterocycles. The van der Waals surface area contributed by atoms with E-state index in [0.29, 0.717) is 30.0 Å². The zero-order chi connectivity index (χ0) is 16.3. The van der Waals surface area contributed by atoms with E-state index >= 15 is 0 Å². The van der Waals surface area contributed by atoms with Gasteiger partial charge in [-0.15, -0.1) is 0 Å². The van der Waals surface area contributed by atoms with Crippen LogP contribution < -0.4 is 4.74 Å². The molecule has 0 N–H and O–H groups in total. The predicted octanol–water partition coefficient (Wildman–Crippen LogP) is 5.20. The van der Waals surface area contributed by atoms with Crippen molar-refractivity contribution in [1.82, 2.24) is 0 Å². The maximum atomic E-state index is 5.99. The van der Waals surface area contributed by atoms with Crippen molar-refractivity contribution in [3.8, 4) is 5.75 Å². The Bertz CT molecular complexity index is 479. The molecule has 0 aromatic heterocycles. The van der Waals surface area contributed by atoms with Gasteiger partial charge in [0.05, 0.1) is 18.8 Å². The predicted molar refractivity (Wildman–Crippen MR) is 92.7 cm³/mol. The number of rotatable bonds is 8. The van der Waals surface area contributed by atoms with E-state index in [9.17, 15) is 0 Å². The van der Waals surface area contributed by atoms with Crippen molar-refractivity contribution in [1.29, 1.82) is 0 Å². The molecule has 22 heavy (non-hydrogen) atoms. The third-order valence-electron chi connectivity index (χ3n) is 4.41. The molecule has 3 unspecified atom stereocenters. The average molecular weight is 304 g/mol. The lowest BCUT2D eigenvalue weighted by molar-refractivity contribution is 0.267. The van der Waals surface area contributed by atoms with Gasteiger partial charge in [0.2, 0.25) is 0 Å². The molecule has 0 radical (unpaired) electrons. The Morgan fingerprint density at radius 2 is 1.86 bits per heavy atom. The second-order valence-electron chi connectivity index (χ2n) is 7.46. The highest BCUT2D eigenvalue weighted by atomic mass is 16.6. The monoisotopic (exact) mass is 304 g/mol. The van der Waals surface area contributed by atoms with Gasteiger partial charge in [-0.25, -0.2) is 0 Å². The van der Waals surface area contributed by atoms with Crippen LogP contribution in [0.25, 0.3) is 0 Å². The van der Waals surface area contributed by atoms with Crippen LogP contribution in [0.5, 0.6) is 5.75 Å². The summed E-state index contributed by atoms with van der Waals surface area (Å²) in [7, 11) is 0. The first-order valence-electron chi connectivity index (χ1n) is 8.83. The first kappa shape index (κ1) is 17.3. The van der Waals surface area contributed by atoms with Crippen molar-refractivity contribution in [3.63, 3.8) is 0 Å². The first-order valence-corrected chi connectivity index (χ1v) is 8.83. The van der Waals surface area contributed by atoms with Crippen LogP contribution in [0, 0.1) is 11.8 Å². The Morgan fingerprint density at radius 3 is 2.41 bits per heavy atom. The maximum Gasteiger partial charge on any atom is 0.122 e. The van der Waals surface area contributed by atoms with E-state index in [0.717, 1.165) is 25.2 Å². The third kappa shape index (κ3) is 4.49. The number of hydrogen-bond donors (Lipinski definition) is 0. The van der Waals surface area contributed by atoms with Crippen LogP contribution in [-0.4, -0.2) is 18.8 Å². The molecule has 1 heterocycles. The molecule has 1 aromatic carbocycles. The van der Waals surface area contributed by atoms with Crippen LogP contribution in [0.1, 0.15) is 65.0 Å². The Balaban J connectivity index is 2.05. The highest BCUT2D eigenvalue weighted by molar-refractivity contribution is 5.39. The maximum absolute atomic E-state index is 5.99. The van der Waals surface area contributed by atoms with Gasteiger partial charge in [0, 0.05) is 0 Å². The van der Waals surface area contributed by atoms with Crippen molar-refractivity contribution in [2.45, 2.75) is 72.5 Å². The van der Waals surface area contributed by atoms with Crippen molar-refractivity contribution >= 4 is 0 Å². The molecular weight excluding hydrogens is 272 g/mol. The highest BCUT2D eigenvalue weighted by Gasteiger charge is 2.40. The number of epoxide rings is 1. The highest BCUT2D eigenvalue weighted by Crippen LogP contribution is 2.35. The van der Waals surface area contributed by atoms with Crippen LogP contribution in [0.3, 0.4) is 0 Å². The molecule has 0 aliphatic carbocycles. The molecule has 1 saturated heterocycles. The quantitative estimate of drug-likeness (QED) is 0.616. The molecule has 1 aromatic rings. The Hall–Kier alpha value is -1.02. The zero-order valence-corrected chi connectivity index (χ0v) is 15.1. The third-order valence-corrected chi connectivity index (χ3v) is 4.41. The summed E-state index contributed by atoms with van der Waals surface area (Å²) in [6.45, 7) is 14.1. The van der Waals surface area contributed by atoms with Gasteiger partial charge in [-0.3, -0.25) is 0 Å². The van der Waals surface area contributed by atoms with Gasteiger partial charge < -0.3 is 9.47 Å². The van der Waals surface area contributed by atoms with E-state index in [1.807, 2.05) is 0 Å². The lowest BCUT2D eigenvalue weighted by Crippen LogP contribution is -2.11. The topological polar surface area (TPSA) is 21.8 Å². The molecule has 124 valence electrons. The molecule has 0 bridgehead atoms. The van der Waals surface area contributed by atoms with E-state index in [-0.39, 0.29) is 0 Å². The molecule has 0 saturated carbocycles. The summed E-state index contributed by atoms with van der Waals surface area (Å²) in [4.78, 5) is 0. The van der Waals surface area contributed by atoms with Gasteiger partial charge in [-0.05, 0) is 47.8 Å². The molecule has 0 spiro atoms. The summed E-state index contributed by atoms with van der Waals surface area (Å²) in [6.07, 6.45) is 3.18. The first-order chi connectivity index (χ1) is 10.4. The van der Waals surface area contributed by atoms with Crippen LogP contribution >= 0.6 is 0 Å². The second kappa shape index (κ2) is 7.50. The Labute approximate surface area is 136 Å². The van der Waals surface area contributed by atoms with E-state index in [1.54, 1.807) is 0 Å². The summed E-state index contributed by atoms with van der Waals surface area (Å²) >= 11 is 0. The van der Waals surface area contributed by atoms with Gasteiger partial charge in [0.25, 0.3) is 0 Å². The van der Waals surface area contributed by atoms with Crippen molar-refractivity contribution in [3.05, 3.63) is 29.3 Å². The van der Waals surface area contributed by atoms with Crippen molar-refractivity contribution in [2.24, 2.45) is 11.8 Å². The van der Waals surface area contributed by atoms with Crippen LogP contribution in [0.4, 0.5) is 0 Å². The van der Waals surface area contributed by atoms with E-state index in [2.05, 4.69) is 59.7 Å². The summed E-state index contributed by atoms with van der Waals surface area (Å²) in [6, 6.07) is 6.71. The number of ether oxygens (including phenoxy) is 2. The van der Waals surface area contributed by atoms with Gasteiger partial charge in [-0.1, -0.05) is 53.7 Å². The Morgan fingerprint density at radius 1 is 1.14 bits per heavy atom. The van der Waals surface area contributed by atoms with Crippen molar-refractivity contribution < 1.29 is 9.47 Å². The molecule has 2 rings (SSSR count).